The molecule has 43 heavy (non-hydrogen) atoms. The molecular formula is C31H33F6N3O3. The highest BCUT2D eigenvalue weighted by molar-refractivity contribution is 6.03. The second-order valence-corrected chi connectivity index (χ2v) is 10.6. The summed E-state index contributed by atoms with van der Waals surface area (Å²) in [7, 11) is 0. The van der Waals surface area contributed by atoms with Crippen molar-refractivity contribution in [1.82, 2.24) is 0 Å². The highest BCUT2D eigenvalue weighted by atomic mass is 19.4. The number of amides is 1. The van der Waals surface area contributed by atoms with Crippen molar-refractivity contribution in [3.05, 3.63) is 93.1 Å². The molecule has 0 spiro atoms. The van der Waals surface area contributed by atoms with Crippen LogP contribution in [0.2, 0.25) is 0 Å². The average Bonchev–Trinajstić information content (AvgIpc) is 2.92. The van der Waals surface area contributed by atoms with Gasteiger partial charge in [0.25, 0.3) is 5.91 Å². The van der Waals surface area contributed by atoms with E-state index in [0.29, 0.717) is 24.0 Å². The third-order valence-electron chi connectivity index (χ3n) is 7.40. The number of rotatable bonds is 4. The molecule has 6 nitrogen and oxygen atoms in total. The Labute approximate surface area is 245 Å². The summed E-state index contributed by atoms with van der Waals surface area (Å²) in [5.41, 5.74) is 9.31. The molecule has 1 amide bonds. The fourth-order valence-corrected chi connectivity index (χ4v) is 5.35. The van der Waals surface area contributed by atoms with Crippen molar-refractivity contribution in [3.63, 3.8) is 0 Å². The van der Waals surface area contributed by atoms with Crippen LogP contribution in [-0.4, -0.2) is 22.9 Å². The van der Waals surface area contributed by atoms with Gasteiger partial charge in [0, 0.05) is 17.4 Å². The van der Waals surface area contributed by atoms with Crippen molar-refractivity contribution in [2.75, 3.05) is 0 Å². The number of hydrogen-bond acceptors (Lipinski definition) is 2. The van der Waals surface area contributed by atoms with Crippen molar-refractivity contribution in [2.45, 2.75) is 76.6 Å². The molecule has 5 N–H and O–H groups in total. The Hall–Kier alpha value is -4.09. The van der Waals surface area contributed by atoms with Gasteiger partial charge in [-0.05, 0) is 86.8 Å². The number of carbonyl (C=O) groups is 2. The number of hydrogen-bond donors (Lipinski definition) is 3. The second-order valence-electron chi connectivity index (χ2n) is 10.6. The van der Waals surface area contributed by atoms with Gasteiger partial charge >= 0.3 is 18.3 Å². The number of carboxylic acids is 1. The van der Waals surface area contributed by atoms with Gasteiger partial charge in [-0.1, -0.05) is 36.4 Å². The lowest BCUT2D eigenvalue weighted by Crippen LogP contribution is -2.24. The Bertz CT molecular complexity index is 1450. The van der Waals surface area contributed by atoms with Crippen LogP contribution in [0.1, 0.15) is 104 Å². The van der Waals surface area contributed by atoms with E-state index < -0.39 is 41.3 Å². The zero-order valence-electron chi connectivity index (χ0n) is 23.6. The number of carboxylic acid groups (broad SMARTS) is 1. The molecule has 2 aromatic rings. The van der Waals surface area contributed by atoms with Gasteiger partial charge in [-0.2, -0.15) is 31.3 Å². The largest absolute Gasteiger partial charge is 0.478 e. The zero-order chi connectivity index (χ0) is 32.1. The van der Waals surface area contributed by atoms with Gasteiger partial charge in [-0.25, -0.2) is 4.79 Å². The summed E-state index contributed by atoms with van der Waals surface area (Å²) >= 11 is 0. The van der Waals surface area contributed by atoms with Crippen molar-refractivity contribution in [2.24, 2.45) is 16.5 Å². The number of carbonyl (C=O) groups excluding carboxylic acids is 1. The molecule has 4 rings (SSSR count). The Morgan fingerprint density at radius 2 is 1.19 bits per heavy atom. The number of aromatic carboxylic acids is 1. The van der Waals surface area contributed by atoms with Gasteiger partial charge in [0.1, 0.15) is 0 Å². The van der Waals surface area contributed by atoms with Crippen LogP contribution in [0.15, 0.2) is 53.6 Å². The fourth-order valence-electron chi connectivity index (χ4n) is 5.35. The highest BCUT2D eigenvalue weighted by Crippen LogP contribution is 2.41. The van der Waals surface area contributed by atoms with Gasteiger partial charge < -0.3 is 16.6 Å². The molecule has 232 valence electrons. The minimum atomic E-state index is -4.55. The predicted octanol–water partition coefficient (Wildman–Crippen LogP) is 7.79. The van der Waals surface area contributed by atoms with E-state index in [2.05, 4.69) is 4.99 Å². The predicted molar refractivity (Wildman–Crippen MR) is 151 cm³/mol. The summed E-state index contributed by atoms with van der Waals surface area (Å²) in [6.45, 7) is 3.10. The van der Waals surface area contributed by atoms with Crippen LogP contribution < -0.4 is 11.5 Å². The van der Waals surface area contributed by atoms with Crippen LogP contribution in [0.4, 0.5) is 26.3 Å². The molecule has 2 unspecified atom stereocenters. The maximum Gasteiger partial charge on any atom is 0.416 e. The maximum absolute atomic E-state index is 13.4. The molecule has 2 aromatic carbocycles. The van der Waals surface area contributed by atoms with E-state index in [0.717, 1.165) is 37.8 Å². The van der Waals surface area contributed by atoms with Crippen molar-refractivity contribution < 1.29 is 41.0 Å². The van der Waals surface area contributed by atoms with Gasteiger partial charge in [0.05, 0.1) is 16.7 Å². The standard InChI is InChI=1S/C16H18F3N3O.C15H15F3O2/c1-9-7-12(10-5-3-2-4-6-10)13(16(17,18)19)8-11(9)14(23)22-15(20)21;1-9-7-12(10-5-3-2-4-6-10)13(15(16,17)18)8-11(9)14(19)20/h3,5,7-8,10H,2,4,6H2,1H3,(H4,20,21,22,23);3,5,7-8,10H,2,4,6H2,1H3,(H,19,20). The molecule has 0 radical (unpaired) electrons. The molecular weight excluding hydrogens is 576 g/mol. The summed E-state index contributed by atoms with van der Waals surface area (Å²) in [4.78, 5) is 26.2. The van der Waals surface area contributed by atoms with E-state index >= 15 is 0 Å². The first-order valence-corrected chi connectivity index (χ1v) is 13.6. The van der Waals surface area contributed by atoms with E-state index in [1.54, 1.807) is 19.1 Å². The number of alkyl halides is 6. The second kappa shape index (κ2) is 13.5. The van der Waals surface area contributed by atoms with Crippen LogP contribution in [0, 0.1) is 13.8 Å². The topological polar surface area (TPSA) is 119 Å². The lowest BCUT2D eigenvalue weighted by atomic mass is 9.84. The first kappa shape index (κ1) is 33.4. The van der Waals surface area contributed by atoms with Crippen molar-refractivity contribution >= 4 is 17.8 Å². The first-order valence-electron chi connectivity index (χ1n) is 13.6. The SMILES string of the molecule is Cc1cc(C2C=CCCC2)c(C(F)(F)F)cc1C(=O)N=C(N)N.Cc1cc(C2C=CCCC2)c(C(F)(F)F)cc1C(=O)O. The number of aryl methyl sites for hydroxylation is 2. The zero-order valence-corrected chi connectivity index (χ0v) is 23.6. The molecule has 0 saturated heterocycles. The number of benzene rings is 2. The number of nitrogens with two attached hydrogens (primary N) is 2. The molecule has 0 bridgehead atoms. The Morgan fingerprint density at radius 3 is 1.53 bits per heavy atom. The minimum Gasteiger partial charge on any atom is -0.478 e. The third-order valence-corrected chi connectivity index (χ3v) is 7.40. The van der Waals surface area contributed by atoms with Crippen LogP contribution in [0.5, 0.6) is 0 Å². The van der Waals surface area contributed by atoms with Crippen LogP contribution in [0.25, 0.3) is 0 Å². The van der Waals surface area contributed by atoms with Gasteiger partial charge in [0.2, 0.25) is 0 Å². The monoisotopic (exact) mass is 609 g/mol. The number of nitrogens with zero attached hydrogens (tertiary/aromatic N) is 1. The number of aliphatic imine (C=N–C) groups is 1. The van der Waals surface area contributed by atoms with Crippen LogP contribution in [0.3, 0.4) is 0 Å². The minimum absolute atomic E-state index is 0.144. The normalized spacial score (nSPS) is 18.4. The summed E-state index contributed by atoms with van der Waals surface area (Å²) in [5, 5.41) is 8.98. The van der Waals surface area contributed by atoms with E-state index in [9.17, 15) is 35.9 Å². The fraction of sp³-hybridized carbons (Fsp3) is 0.387. The van der Waals surface area contributed by atoms with E-state index in [4.69, 9.17) is 16.6 Å². The Kier molecular flexibility index (Phi) is 10.5. The average molecular weight is 610 g/mol. The Balaban J connectivity index is 0.000000238. The lowest BCUT2D eigenvalue weighted by Gasteiger charge is -2.23. The molecule has 0 fully saturated rings. The van der Waals surface area contributed by atoms with Gasteiger partial charge in [0.15, 0.2) is 5.96 Å². The molecule has 2 atom stereocenters. The molecule has 2 aliphatic rings. The summed E-state index contributed by atoms with van der Waals surface area (Å²) in [6.07, 6.45) is 3.01. The third kappa shape index (κ3) is 8.48. The van der Waals surface area contributed by atoms with E-state index in [1.807, 2.05) is 12.2 Å². The highest BCUT2D eigenvalue weighted by Gasteiger charge is 2.37. The molecule has 12 heteroatoms. The molecule has 0 aliphatic heterocycles. The summed E-state index contributed by atoms with van der Waals surface area (Å²) in [5.74, 6) is -3.28. The number of allylic oxidation sites excluding steroid dienone is 4. The summed E-state index contributed by atoms with van der Waals surface area (Å²) < 4.78 is 79.7. The molecule has 0 heterocycles. The summed E-state index contributed by atoms with van der Waals surface area (Å²) in [6, 6.07) is 4.39. The number of guanidine groups is 1. The first-order chi connectivity index (χ1) is 20.0. The molecule has 2 aliphatic carbocycles. The van der Waals surface area contributed by atoms with Gasteiger partial charge in [-0.3, -0.25) is 4.79 Å². The maximum atomic E-state index is 13.4. The molecule has 0 saturated carbocycles. The van der Waals surface area contributed by atoms with E-state index in [1.165, 1.54) is 19.1 Å². The van der Waals surface area contributed by atoms with Crippen LogP contribution >= 0.6 is 0 Å². The smallest absolute Gasteiger partial charge is 0.416 e. The molecule has 0 aromatic heterocycles. The van der Waals surface area contributed by atoms with E-state index in [-0.39, 0.29) is 34.1 Å². The van der Waals surface area contributed by atoms with Crippen molar-refractivity contribution in [3.8, 4) is 0 Å². The quantitative estimate of drug-likeness (QED) is 0.142. The van der Waals surface area contributed by atoms with Gasteiger partial charge in [-0.15, -0.1) is 0 Å². The van der Waals surface area contributed by atoms with Crippen molar-refractivity contribution in [1.29, 1.82) is 0 Å². The lowest BCUT2D eigenvalue weighted by molar-refractivity contribution is -0.139. The number of halogens is 6. The van der Waals surface area contributed by atoms with Crippen LogP contribution in [-0.2, 0) is 12.4 Å². The Morgan fingerprint density at radius 1 is 0.767 bits per heavy atom.